The molecule has 3 rings (SSSR count). The minimum atomic E-state index is -0.326. The molecular weight excluding hydrogens is 292 g/mol. The molecule has 0 N–H and O–H groups in total. The van der Waals surface area contributed by atoms with Gasteiger partial charge in [0.15, 0.2) is 5.78 Å². The van der Waals surface area contributed by atoms with Gasteiger partial charge in [0, 0.05) is 25.2 Å². The molecule has 2 amide bonds. The Morgan fingerprint density at radius 1 is 1.09 bits per heavy atom. The number of carbonyl (C=O) groups excluding carboxylic acids is 2. The minimum absolute atomic E-state index is 0.0204. The number of morpholine rings is 1. The summed E-state index contributed by atoms with van der Waals surface area (Å²) < 4.78 is 5.30. The molecule has 124 valence electrons. The molecule has 0 spiro atoms. The van der Waals surface area contributed by atoms with Crippen LogP contribution in [-0.2, 0) is 4.74 Å². The molecule has 1 aromatic rings. The normalized spacial score (nSPS) is 21.6. The molecule has 5 heteroatoms. The van der Waals surface area contributed by atoms with Crippen LogP contribution in [0.1, 0.15) is 34.3 Å². The van der Waals surface area contributed by atoms with E-state index in [9.17, 15) is 9.59 Å². The highest BCUT2D eigenvalue weighted by Gasteiger charge is 2.36. The van der Waals surface area contributed by atoms with E-state index in [0.717, 1.165) is 18.4 Å². The number of aryl methyl sites for hydroxylation is 2. The fourth-order valence-corrected chi connectivity index (χ4v) is 3.29. The topological polar surface area (TPSA) is 49.9 Å². The van der Waals surface area contributed by atoms with Gasteiger partial charge in [-0.2, -0.15) is 0 Å². The third kappa shape index (κ3) is 3.24. The van der Waals surface area contributed by atoms with E-state index >= 15 is 0 Å². The van der Waals surface area contributed by atoms with Gasteiger partial charge in [0.25, 0.3) is 0 Å². The summed E-state index contributed by atoms with van der Waals surface area (Å²) in [4.78, 5) is 29.1. The molecule has 2 fully saturated rings. The number of ketones is 1. The number of rotatable bonds is 2. The van der Waals surface area contributed by atoms with Gasteiger partial charge in [-0.05, 0) is 43.9 Å². The maximum absolute atomic E-state index is 12.9. The number of urea groups is 1. The molecule has 1 atom stereocenters. The number of ether oxygens (including phenoxy) is 1. The van der Waals surface area contributed by atoms with Gasteiger partial charge < -0.3 is 14.5 Å². The van der Waals surface area contributed by atoms with Crippen LogP contribution in [-0.4, -0.2) is 60.5 Å². The number of hydrogen-bond acceptors (Lipinski definition) is 3. The first-order chi connectivity index (χ1) is 11.1. The van der Waals surface area contributed by atoms with Crippen LogP contribution in [0, 0.1) is 13.8 Å². The Hall–Kier alpha value is -1.88. The van der Waals surface area contributed by atoms with E-state index in [0.29, 0.717) is 38.4 Å². The van der Waals surface area contributed by atoms with Crippen molar-refractivity contribution < 1.29 is 14.3 Å². The van der Waals surface area contributed by atoms with Gasteiger partial charge in [0.1, 0.15) is 0 Å². The number of amides is 2. The zero-order valence-corrected chi connectivity index (χ0v) is 13.9. The highest BCUT2D eigenvalue weighted by molar-refractivity contribution is 6.02. The molecule has 2 aliphatic heterocycles. The van der Waals surface area contributed by atoms with Crippen LogP contribution in [0.3, 0.4) is 0 Å². The average Bonchev–Trinajstić information content (AvgIpc) is 3.06. The van der Waals surface area contributed by atoms with Crippen LogP contribution in [0.15, 0.2) is 18.2 Å². The summed E-state index contributed by atoms with van der Waals surface area (Å²) in [6.07, 6.45) is 1.64. The number of carbonyl (C=O) groups is 2. The molecule has 1 unspecified atom stereocenters. The van der Waals surface area contributed by atoms with Crippen molar-refractivity contribution in [3.05, 3.63) is 34.9 Å². The van der Waals surface area contributed by atoms with Gasteiger partial charge in [-0.3, -0.25) is 4.79 Å². The van der Waals surface area contributed by atoms with E-state index in [4.69, 9.17) is 4.74 Å². The molecule has 2 saturated heterocycles. The maximum Gasteiger partial charge on any atom is 0.320 e. The molecule has 5 nitrogen and oxygen atoms in total. The summed E-state index contributed by atoms with van der Waals surface area (Å²) in [5, 5.41) is 0. The third-order valence-corrected chi connectivity index (χ3v) is 4.87. The molecule has 23 heavy (non-hydrogen) atoms. The Labute approximate surface area is 137 Å². The first-order valence-electron chi connectivity index (χ1n) is 8.32. The number of nitrogens with zero attached hydrogens (tertiary/aromatic N) is 2. The van der Waals surface area contributed by atoms with Crippen molar-refractivity contribution in [3.8, 4) is 0 Å². The molecule has 0 saturated carbocycles. The van der Waals surface area contributed by atoms with Gasteiger partial charge in [0.2, 0.25) is 0 Å². The average molecular weight is 316 g/mol. The number of benzene rings is 1. The van der Waals surface area contributed by atoms with Crippen molar-refractivity contribution in [3.63, 3.8) is 0 Å². The first-order valence-corrected chi connectivity index (χ1v) is 8.32. The predicted octanol–water partition coefficient (Wildman–Crippen LogP) is 2.40. The number of Topliss-reactive ketones (excluding diaryl/α,β-unsaturated/α-hetero) is 1. The Morgan fingerprint density at radius 3 is 2.52 bits per heavy atom. The molecule has 2 heterocycles. The molecular formula is C18H24N2O3. The van der Waals surface area contributed by atoms with E-state index in [1.54, 1.807) is 9.80 Å². The van der Waals surface area contributed by atoms with E-state index in [2.05, 4.69) is 0 Å². The minimum Gasteiger partial charge on any atom is -0.378 e. The fourth-order valence-electron chi connectivity index (χ4n) is 3.29. The zero-order chi connectivity index (χ0) is 16.4. The van der Waals surface area contributed by atoms with Gasteiger partial charge in [-0.1, -0.05) is 12.1 Å². The third-order valence-electron chi connectivity index (χ3n) is 4.87. The lowest BCUT2D eigenvalue weighted by atomic mass is 9.98. The lowest BCUT2D eigenvalue weighted by Crippen LogP contribution is -2.51. The van der Waals surface area contributed by atoms with Crippen LogP contribution < -0.4 is 0 Å². The molecule has 0 radical (unpaired) electrons. The number of hydrogen-bond donors (Lipinski definition) is 0. The summed E-state index contributed by atoms with van der Waals surface area (Å²) in [5.74, 6) is 0.0622. The molecule has 0 aromatic heterocycles. The highest BCUT2D eigenvalue weighted by Crippen LogP contribution is 2.24. The van der Waals surface area contributed by atoms with Crippen LogP contribution in [0.5, 0.6) is 0 Å². The standard InChI is InChI=1S/C18H24N2O3/c1-13-5-6-15(12-14(13)2)17(21)16-4-3-7-20(16)18(22)19-8-10-23-11-9-19/h5-6,12,16H,3-4,7-11H2,1-2H3. The fraction of sp³-hybridized carbons (Fsp3) is 0.556. The Balaban J connectivity index is 1.76. The maximum atomic E-state index is 12.9. The van der Waals surface area contributed by atoms with Crippen molar-refractivity contribution in [2.75, 3.05) is 32.8 Å². The van der Waals surface area contributed by atoms with Gasteiger partial charge in [0.05, 0.1) is 19.3 Å². The van der Waals surface area contributed by atoms with Crippen molar-refractivity contribution in [1.29, 1.82) is 0 Å². The second-order valence-corrected chi connectivity index (χ2v) is 6.40. The van der Waals surface area contributed by atoms with E-state index in [1.807, 2.05) is 32.0 Å². The predicted molar refractivity (Wildman–Crippen MR) is 87.8 cm³/mol. The lowest BCUT2D eigenvalue weighted by molar-refractivity contribution is 0.0415. The van der Waals surface area contributed by atoms with Crippen LogP contribution >= 0.6 is 0 Å². The summed E-state index contributed by atoms with van der Waals surface area (Å²) in [5.41, 5.74) is 2.99. The summed E-state index contributed by atoms with van der Waals surface area (Å²) in [6, 6.07) is 5.44. The van der Waals surface area contributed by atoms with Gasteiger partial charge in [-0.15, -0.1) is 0 Å². The van der Waals surface area contributed by atoms with Crippen molar-refractivity contribution in [2.24, 2.45) is 0 Å². The quantitative estimate of drug-likeness (QED) is 0.787. The first kappa shape index (κ1) is 16.0. The smallest absolute Gasteiger partial charge is 0.320 e. The second kappa shape index (κ2) is 6.71. The number of likely N-dealkylation sites (tertiary alicyclic amines) is 1. The zero-order valence-electron chi connectivity index (χ0n) is 13.9. The Bertz CT molecular complexity index is 608. The second-order valence-electron chi connectivity index (χ2n) is 6.40. The van der Waals surface area contributed by atoms with Crippen molar-refractivity contribution >= 4 is 11.8 Å². The SMILES string of the molecule is Cc1ccc(C(=O)C2CCCN2C(=O)N2CCOCC2)cc1C. The molecule has 0 aliphatic carbocycles. The Morgan fingerprint density at radius 2 is 1.83 bits per heavy atom. The summed E-state index contributed by atoms with van der Waals surface area (Å²) >= 11 is 0. The van der Waals surface area contributed by atoms with E-state index < -0.39 is 0 Å². The van der Waals surface area contributed by atoms with Crippen LogP contribution in [0.2, 0.25) is 0 Å². The summed E-state index contributed by atoms with van der Waals surface area (Å²) in [7, 11) is 0. The lowest BCUT2D eigenvalue weighted by Gasteiger charge is -2.33. The molecule has 1 aromatic carbocycles. The molecule has 0 bridgehead atoms. The Kier molecular flexibility index (Phi) is 4.66. The molecule has 2 aliphatic rings. The van der Waals surface area contributed by atoms with E-state index in [1.165, 1.54) is 5.56 Å². The van der Waals surface area contributed by atoms with E-state index in [-0.39, 0.29) is 17.9 Å². The van der Waals surface area contributed by atoms with Crippen LogP contribution in [0.4, 0.5) is 4.79 Å². The summed E-state index contributed by atoms with van der Waals surface area (Å²) in [6.45, 7) is 7.09. The van der Waals surface area contributed by atoms with Crippen LogP contribution in [0.25, 0.3) is 0 Å². The van der Waals surface area contributed by atoms with Crippen molar-refractivity contribution in [1.82, 2.24) is 9.80 Å². The van der Waals surface area contributed by atoms with Crippen molar-refractivity contribution in [2.45, 2.75) is 32.7 Å². The monoisotopic (exact) mass is 316 g/mol. The highest BCUT2D eigenvalue weighted by atomic mass is 16.5. The van der Waals surface area contributed by atoms with Gasteiger partial charge >= 0.3 is 6.03 Å². The van der Waals surface area contributed by atoms with Gasteiger partial charge in [-0.25, -0.2) is 4.79 Å². The largest absolute Gasteiger partial charge is 0.378 e.